The lowest BCUT2D eigenvalue weighted by atomic mass is 10.2. The molecule has 0 radical (unpaired) electrons. The highest BCUT2D eigenvalue weighted by atomic mass is 15.1. The smallest absolute Gasteiger partial charge is 0.163 e. The van der Waals surface area contributed by atoms with Crippen LogP contribution in [0, 0.1) is 13.8 Å². The molecule has 0 bridgehead atoms. The van der Waals surface area contributed by atoms with Crippen LogP contribution >= 0.6 is 0 Å². The normalized spacial score (nSPS) is 11.1. The van der Waals surface area contributed by atoms with Gasteiger partial charge in [0.2, 0.25) is 0 Å². The van der Waals surface area contributed by atoms with Crippen molar-refractivity contribution in [3.8, 4) is 11.4 Å². The molecular weight excluding hydrogens is 300 g/mol. The summed E-state index contributed by atoms with van der Waals surface area (Å²) in [6.45, 7) is 4.69. The van der Waals surface area contributed by atoms with Gasteiger partial charge in [0.05, 0.1) is 11.6 Å². The van der Waals surface area contributed by atoms with Crippen LogP contribution in [0.1, 0.15) is 17.0 Å². The summed E-state index contributed by atoms with van der Waals surface area (Å²) >= 11 is 0. The molecule has 0 aliphatic heterocycles. The van der Waals surface area contributed by atoms with Crippen LogP contribution in [0.15, 0.2) is 42.6 Å². The summed E-state index contributed by atoms with van der Waals surface area (Å²) in [7, 11) is 0. The van der Waals surface area contributed by atoms with Crippen LogP contribution in [0.3, 0.4) is 0 Å². The van der Waals surface area contributed by atoms with E-state index in [-0.39, 0.29) is 0 Å². The van der Waals surface area contributed by atoms with Crippen molar-refractivity contribution in [1.29, 1.82) is 0 Å². The van der Waals surface area contributed by atoms with Crippen LogP contribution < -0.4 is 5.32 Å². The number of benzene rings is 1. The van der Waals surface area contributed by atoms with Crippen molar-refractivity contribution in [3.63, 3.8) is 0 Å². The predicted molar refractivity (Wildman–Crippen MR) is 94.7 cm³/mol. The quantitative estimate of drug-likeness (QED) is 0.537. The minimum absolute atomic E-state index is 0.660. The molecule has 3 heterocycles. The van der Waals surface area contributed by atoms with Crippen LogP contribution in [-0.2, 0) is 6.54 Å². The van der Waals surface area contributed by atoms with Crippen molar-refractivity contribution in [2.24, 2.45) is 0 Å². The Hall–Kier alpha value is -3.15. The lowest BCUT2D eigenvalue weighted by Gasteiger charge is -2.08. The lowest BCUT2D eigenvalue weighted by molar-refractivity contribution is 1.04. The van der Waals surface area contributed by atoms with Gasteiger partial charge < -0.3 is 10.3 Å². The molecule has 0 fully saturated rings. The van der Waals surface area contributed by atoms with Crippen molar-refractivity contribution in [3.05, 3.63) is 59.5 Å². The van der Waals surface area contributed by atoms with Crippen LogP contribution in [0.2, 0.25) is 0 Å². The van der Waals surface area contributed by atoms with E-state index in [1.54, 1.807) is 0 Å². The number of rotatable bonds is 4. The standard InChI is InChI=1S/C18H18N6/c1-11-8-15-17(19-9-14-10-20-24-12(14)2)22-16(23-18(15)21-11)13-6-4-3-5-7-13/h3-8,10H,9H2,1-2H3,(H,20,24)(H2,19,21,22,23). The first-order valence-electron chi connectivity index (χ1n) is 7.86. The molecular formula is C18H18N6. The van der Waals surface area contributed by atoms with Gasteiger partial charge >= 0.3 is 0 Å². The van der Waals surface area contributed by atoms with E-state index < -0.39 is 0 Å². The van der Waals surface area contributed by atoms with E-state index in [1.165, 1.54) is 0 Å². The van der Waals surface area contributed by atoms with Gasteiger partial charge in [0.1, 0.15) is 11.5 Å². The SMILES string of the molecule is Cc1cc2c(NCc3cn[nH]c3C)nc(-c3ccccc3)nc2[nH]1. The van der Waals surface area contributed by atoms with Crippen molar-refractivity contribution in [2.45, 2.75) is 20.4 Å². The average molecular weight is 318 g/mol. The third kappa shape index (κ3) is 2.62. The Kier molecular flexibility index (Phi) is 3.49. The van der Waals surface area contributed by atoms with Crippen LogP contribution in [0.5, 0.6) is 0 Å². The van der Waals surface area contributed by atoms with Gasteiger partial charge in [-0.15, -0.1) is 0 Å². The minimum Gasteiger partial charge on any atom is -0.365 e. The number of anilines is 1. The molecule has 24 heavy (non-hydrogen) atoms. The minimum atomic E-state index is 0.660. The number of nitrogens with one attached hydrogen (secondary N) is 3. The van der Waals surface area contributed by atoms with Crippen molar-refractivity contribution >= 4 is 16.9 Å². The van der Waals surface area contributed by atoms with E-state index in [2.05, 4.69) is 31.5 Å². The molecule has 0 saturated heterocycles. The molecule has 0 atom stereocenters. The van der Waals surface area contributed by atoms with E-state index in [4.69, 9.17) is 4.98 Å². The second-order valence-electron chi connectivity index (χ2n) is 5.85. The molecule has 120 valence electrons. The summed E-state index contributed by atoms with van der Waals surface area (Å²) in [5, 5.41) is 11.4. The number of hydrogen-bond acceptors (Lipinski definition) is 4. The number of hydrogen-bond donors (Lipinski definition) is 3. The predicted octanol–water partition coefficient (Wildman–Crippen LogP) is 3.58. The Morgan fingerprint density at radius 3 is 2.67 bits per heavy atom. The maximum Gasteiger partial charge on any atom is 0.163 e. The first-order chi connectivity index (χ1) is 11.7. The zero-order chi connectivity index (χ0) is 16.5. The number of nitrogens with zero attached hydrogens (tertiary/aromatic N) is 3. The van der Waals surface area contributed by atoms with E-state index in [0.29, 0.717) is 12.4 Å². The van der Waals surface area contributed by atoms with E-state index in [1.807, 2.05) is 50.4 Å². The van der Waals surface area contributed by atoms with E-state index >= 15 is 0 Å². The van der Waals surface area contributed by atoms with Gasteiger partial charge in [-0.1, -0.05) is 30.3 Å². The zero-order valence-corrected chi connectivity index (χ0v) is 13.6. The first kappa shape index (κ1) is 14.4. The van der Waals surface area contributed by atoms with Gasteiger partial charge in [-0.25, -0.2) is 9.97 Å². The fourth-order valence-electron chi connectivity index (χ4n) is 2.72. The monoisotopic (exact) mass is 318 g/mol. The molecule has 0 unspecified atom stereocenters. The third-order valence-corrected chi connectivity index (χ3v) is 4.03. The van der Waals surface area contributed by atoms with Crippen molar-refractivity contribution in [2.75, 3.05) is 5.32 Å². The third-order valence-electron chi connectivity index (χ3n) is 4.03. The van der Waals surface area contributed by atoms with Crippen LogP contribution in [0.25, 0.3) is 22.4 Å². The lowest BCUT2D eigenvalue weighted by Crippen LogP contribution is -2.04. The maximum atomic E-state index is 4.74. The summed E-state index contributed by atoms with van der Waals surface area (Å²) in [4.78, 5) is 12.7. The Bertz CT molecular complexity index is 983. The van der Waals surface area contributed by atoms with E-state index in [9.17, 15) is 0 Å². The molecule has 0 aliphatic carbocycles. The molecule has 1 aromatic carbocycles. The Balaban J connectivity index is 1.76. The average Bonchev–Trinajstić information content (AvgIpc) is 3.17. The Morgan fingerprint density at radius 1 is 1.08 bits per heavy atom. The Morgan fingerprint density at radius 2 is 1.92 bits per heavy atom. The fraction of sp³-hybridized carbons (Fsp3) is 0.167. The van der Waals surface area contributed by atoms with Gasteiger partial charge in [0.15, 0.2) is 5.82 Å². The number of fused-ring (bicyclic) bond motifs is 1. The van der Waals surface area contributed by atoms with Gasteiger partial charge in [-0.05, 0) is 19.9 Å². The molecule has 0 amide bonds. The highest BCUT2D eigenvalue weighted by molar-refractivity contribution is 5.89. The highest BCUT2D eigenvalue weighted by Crippen LogP contribution is 2.26. The van der Waals surface area contributed by atoms with E-state index in [0.717, 1.165) is 39.4 Å². The summed E-state index contributed by atoms with van der Waals surface area (Å²) in [5.41, 5.74) is 5.07. The molecule has 0 spiro atoms. The van der Waals surface area contributed by atoms with Gasteiger partial charge in [0, 0.05) is 29.1 Å². The topological polar surface area (TPSA) is 82.3 Å². The van der Waals surface area contributed by atoms with Crippen molar-refractivity contribution in [1.82, 2.24) is 25.1 Å². The summed E-state index contributed by atoms with van der Waals surface area (Å²) < 4.78 is 0. The molecule has 3 aromatic heterocycles. The van der Waals surface area contributed by atoms with Crippen molar-refractivity contribution < 1.29 is 0 Å². The largest absolute Gasteiger partial charge is 0.365 e. The van der Waals surface area contributed by atoms with Crippen LogP contribution in [0.4, 0.5) is 5.82 Å². The van der Waals surface area contributed by atoms with Gasteiger partial charge in [0.25, 0.3) is 0 Å². The second kappa shape index (κ2) is 5.81. The fourth-order valence-corrected chi connectivity index (χ4v) is 2.72. The van der Waals surface area contributed by atoms with Crippen LogP contribution in [-0.4, -0.2) is 25.1 Å². The molecule has 4 rings (SSSR count). The zero-order valence-electron chi connectivity index (χ0n) is 13.6. The molecule has 4 aromatic rings. The molecule has 3 N–H and O–H groups in total. The maximum absolute atomic E-state index is 4.74. The highest BCUT2D eigenvalue weighted by Gasteiger charge is 2.12. The summed E-state index contributed by atoms with van der Waals surface area (Å²) in [6.07, 6.45) is 1.83. The summed E-state index contributed by atoms with van der Waals surface area (Å²) in [5.74, 6) is 1.53. The molecule has 0 aliphatic rings. The number of aromatic nitrogens is 5. The Labute approximate surface area is 139 Å². The molecule has 0 saturated carbocycles. The number of aryl methyl sites for hydroxylation is 2. The number of H-pyrrole nitrogens is 2. The first-order valence-corrected chi connectivity index (χ1v) is 7.86. The summed E-state index contributed by atoms with van der Waals surface area (Å²) in [6, 6.07) is 12.1. The van der Waals surface area contributed by atoms with Gasteiger partial charge in [-0.2, -0.15) is 5.10 Å². The molecule has 6 nitrogen and oxygen atoms in total. The van der Waals surface area contributed by atoms with Gasteiger partial charge in [-0.3, -0.25) is 5.10 Å². The second-order valence-corrected chi connectivity index (χ2v) is 5.85. The molecule has 6 heteroatoms. The number of aromatic amines is 2.